The van der Waals surface area contributed by atoms with Crippen LogP contribution in [0.25, 0.3) is 0 Å². The number of rotatable bonds is 4. The zero-order valence-electron chi connectivity index (χ0n) is 10.1. The SMILES string of the molecule is Cn1cccc1CNc1c(F)cc(F)cc1[N+](=O)[O-]. The number of nitrogens with one attached hydrogen (secondary N) is 1. The highest BCUT2D eigenvalue weighted by atomic mass is 19.1. The van der Waals surface area contributed by atoms with Gasteiger partial charge in [0.2, 0.25) is 0 Å². The van der Waals surface area contributed by atoms with Gasteiger partial charge in [-0.2, -0.15) is 0 Å². The molecule has 0 fully saturated rings. The molecule has 0 atom stereocenters. The third-order valence-electron chi connectivity index (χ3n) is 2.73. The minimum atomic E-state index is -0.985. The molecule has 19 heavy (non-hydrogen) atoms. The van der Waals surface area contributed by atoms with E-state index < -0.39 is 22.2 Å². The molecule has 1 heterocycles. The van der Waals surface area contributed by atoms with Gasteiger partial charge in [0.15, 0.2) is 5.82 Å². The van der Waals surface area contributed by atoms with Gasteiger partial charge in [-0.15, -0.1) is 0 Å². The molecule has 0 saturated heterocycles. The number of benzene rings is 1. The van der Waals surface area contributed by atoms with Gasteiger partial charge in [-0.3, -0.25) is 10.1 Å². The first-order valence-electron chi connectivity index (χ1n) is 5.46. The van der Waals surface area contributed by atoms with E-state index in [0.29, 0.717) is 12.1 Å². The Bertz CT molecular complexity index is 625. The van der Waals surface area contributed by atoms with Gasteiger partial charge in [0.1, 0.15) is 11.5 Å². The van der Waals surface area contributed by atoms with Crippen LogP contribution in [0.1, 0.15) is 5.69 Å². The Hall–Kier alpha value is -2.44. The molecule has 1 aromatic carbocycles. The summed E-state index contributed by atoms with van der Waals surface area (Å²) in [4.78, 5) is 9.96. The molecule has 0 radical (unpaired) electrons. The number of hydrogen-bond donors (Lipinski definition) is 1. The van der Waals surface area contributed by atoms with Crippen LogP contribution in [-0.4, -0.2) is 9.49 Å². The zero-order chi connectivity index (χ0) is 14.0. The summed E-state index contributed by atoms with van der Waals surface area (Å²) >= 11 is 0. The van der Waals surface area contributed by atoms with Crippen molar-refractivity contribution in [3.05, 3.63) is 57.9 Å². The molecule has 0 amide bonds. The number of anilines is 1. The van der Waals surface area contributed by atoms with Crippen molar-refractivity contribution in [2.75, 3.05) is 5.32 Å². The Morgan fingerprint density at radius 3 is 2.74 bits per heavy atom. The average Bonchev–Trinajstić information content (AvgIpc) is 2.73. The van der Waals surface area contributed by atoms with Gasteiger partial charge in [-0.1, -0.05) is 0 Å². The van der Waals surface area contributed by atoms with Crippen LogP contribution in [0.5, 0.6) is 0 Å². The summed E-state index contributed by atoms with van der Waals surface area (Å²) < 4.78 is 28.3. The van der Waals surface area contributed by atoms with Crippen LogP contribution in [-0.2, 0) is 13.6 Å². The Morgan fingerprint density at radius 1 is 1.42 bits per heavy atom. The number of nitro groups is 1. The number of halogens is 2. The Morgan fingerprint density at radius 2 is 2.16 bits per heavy atom. The van der Waals surface area contributed by atoms with Gasteiger partial charge in [0.25, 0.3) is 5.69 Å². The monoisotopic (exact) mass is 267 g/mol. The summed E-state index contributed by atoms with van der Waals surface area (Å²) in [6.45, 7) is 0.201. The fourth-order valence-corrected chi connectivity index (χ4v) is 1.74. The van der Waals surface area contributed by atoms with E-state index in [4.69, 9.17) is 0 Å². The Kier molecular flexibility index (Phi) is 3.46. The minimum Gasteiger partial charge on any atom is -0.372 e. The highest BCUT2D eigenvalue weighted by molar-refractivity contribution is 5.62. The Labute approximate surface area is 107 Å². The van der Waals surface area contributed by atoms with Crippen LogP contribution in [0.2, 0.25) is 0 Å². The lowest BCUT2D eigenvalue weighted by Crippen LogP contribution is -2.08. The van der Waals surface area contributed by atoms with E-state index in [2.05, 4.69) is 5.32 Å². The van der Waals surface area contributed by atoms with E-state index in [1.54, 1.807) is 29.9 Å². The second-order valence-electron chi connectivity index (χ2n) is 4.00. The van der Waals surface area contributed by atoms with E-state index in [1.165, 1.54) is 0 Å². The van der Waals surface area contributed by atoms with Crippen LogP contribution in [0.15, 0.2) is 30.5 Å². The molecule has 1 aromatic heterocycles. The summed E-state index contributed by atoms with van der Waals surface area (Å²) in [5.41, 5.74) is -0.114. The van der Waals surface area contributed by atoms with Gasteiger partial charge in [0.05, 0.1) is 17.5 Å². The normalized spacial score (nSPS) is 10.5. The van der Waals surface area contributed by atoms with Crippen LogP contribution in [0.3, 0.4) is 0 Å². The van der Waals surface area contributed by atoms with Crippen LogP contribution in [0.4, 0.5) is 20.2 Å². The maximum atomic E-state index is 13.6. The largest absolute Gasteiger partial charge is 0.372 e. The second kappa shape index (κ2) is 5.05. The number of aryl methyl sites for hydroxylation is 1. The fourth-order valence-electron chi connectivity index (χ4n) is 1.74. The smallest absolute Gasteiger partial charge is 0.298 e. The molecular formula is C12H11F2N3O2. The molecule has 0 aliphatic carbocycles. The summed E-state index contributed by atoms with van der Waals surface area (Å²) in [5.74, 6) is -1.96. The molecule has 0 bridgehead atoms. The van der Waals surface area contributed by atoms with Gasteiger partial charge in [-0.05, 0) is 12.1 Å². The molecule has 1 N–H and O–H groups in total. The molecular weight excluding hydrogens is 256 g/mol. The quantitative estimate of drug-likeness (QED) is 0.684. The first-order valence-corrected chi connectivity index (χ1v) is 5.46. The van der Waals surface area contributed by atoms with Crippen molar-refractivity contribution < 1.29 is 13.7 Å². The van der Waals surface area contributed by atoms with E-state index in [9.17, 15) is 18.9 Å². The number of aromatic nitrogens is 1. The molecule has 0 unspecified atom stereocenters. The lowest BCUT2D eigenvalue weighted by atomic mass is 10.2. The van der Waals surface area contributed by atoms with Crippen molar-refractivity contribution >= 4 is 11.4 Å². The predicted octanol–water partition coefficient (Wildman–Crippen LogP) is 2.82. The van der Waals surface area contributed by atoms with Crippen molar-refractivity contribution in [1.82, 2.24) is 4.57 Å². The lowest BCUT2D eigenvalue weighted by molar-refractivity contribution is -0.384. The molecule has 0 saturated carbocycles. The van der Waals surface area contributed by atoms with E-state index in [1.807, 2.05) is 0 Å². The summed E-state index contributed by atoms with van der Waals surface area (Å²) in [5, 5.41) is 13.4. The van der Waals surface area contributed by atoms with Gasteiger partial charge >= 0.3 is 0 Å². The first kappa shape index (κ1) is 13.0. The molecule has 0 spiro atoms. The molecule has 7 heteroatoms. The molecule has 2 aromatic rings. The van der Waals surface area contributed by atoms with Crippen LogP contribution < -0.4 is 5.32 Å². The summed E-state index contributed by atoms with van der Waals surface area (Å²) in [7, 11) is 1.80. The van der Waals surface area contributed by atoms with Gasteiger partial charge < -0.3 is 9.88 Å². The molecule has 100 valence electrons. The third kappa shape index (κ3) is 2.70. The van der Waals surface area contributed by atoms with Crippen LogP contribution in [0, 0.1) is 21.7 Å². The molecule has 0 aliphatic heterocycles. The van der Waals surface area contributed by atoms with Crippen molar-refractivity contribution in [2.24, 2.45) is 7.05 Å². The van der Waals surface area contributed by atoms with Crippen molar-refractivity contribution in [2.45, 2.75) is 6.54 Å². The Balaban J connectivity index is 2.29. The zero-order valence-corrected chi connectivity index (χ0v) is 10.1. The van der Waals surface area contributed by atoms with Crippen molar-refractivity contribution in [3.63, 3.8) is 0 Å². The number of nitro benzene ring substituents is 1. The van der Waals surface area contributed by atoms with E-state index in [0.717, 1.165) is 5.69 Å². The van der Waals surface area contributed by atoms with E-state index >= 15 is 0 Å². The maximum Gasteiger partial charge on any atom is 0.298 e. The van der Waals surface area contributed by atoms with Crippen LogP contribution >= 0.6 is 0 Å². The van der Waals surface area contributed by atoms with Gasteiger partial charge in [0, 0.05) is 25.0 Å². The standard InChI is InChI=1S/C12H11F2N3O2/c1-16-4-2-3-9(16)7-15-12-10(14)5-8(13)6-11(12)17(18)19/h2-6,15H,7H2,1H3. The molecule has 2 rings (SSSR count). The first-order chi connectivity index (χ1) is 8.99. The molecule has 5 nitrogen and oxygen atoms in total. The average molecular weight is 267 g/mol. The highest BCUT2D eigenvalue weighted by Crippen LogP contribution is 2.29. The molecule has 0 aliphatic rings. The summed E-state index contributed by atoms with van der Waals surface area (Å²) in [6.07, 6.45) is 1.80. The second-order valence-corrected chi connectivity index (χ2v) is 4.00. The predicted molar refractivity (Wildman–Crippen MR) is 65.8 cm³/mol. The van der Waals surface area contributed by atoms with Gasteiger partial charge in [-0.25, -0.2) is 8.78 Å². The minimum absolute atomic E-state index is 0.201. The third-order valence-corrected chi connectivity index (χ3v) is 2.73. The fraction of sp³-hybridized carbons (Fsp3) is 0.167. The number of nitrogens with zero attached hydrogens (tertiary/aromatic N) is 2. The van der Waals surface area contributed by atoms with Crippen molar-refractivity contribution in [1.29, 1.82) is 0 Å². The highest BCUT2D eigenvalue weighted by Gasteiger charge is 2.20. The number of hydrogen-bond acceptors (Lipinski definition) is 3. The summed E-state index contributed by atoms with van der Waals surface area (Å²) in [6, 6.07) is 4.89. The lowest BCUT2D eigenvalue weighted by Gasteiger charge is -2.09. The topological polar surface area (TPSA) is 60.1 Å². The maximum absolute atomic E-state index is 13.6. The van der Waals surface area contributed by atoms with E-state index in [-0.39, 0.29) is 12.2 Å². The van der Waals surface area contributed by atoms with Crippen molar-refractivity contribution in [3.8, 4) is 0 Å².